The highest BCUT2D eigenvalue weighted by atomic mass is 16.4. The Morgan fingerprint density at radius 3 is 2.52 bits per heavy atom. The molecule has 9 heteroatoms. The third-order valence-corrected chi connectivity index (χ3v) is 4.75. The molecule has 0 spiro atoms. The van der Waals surface area contributed by atoms with E-state index in [0.717, 1.165) is 0 Å². The third-order valence-electron chi connectivity index (χ3n) is 4.75. The van der Waals surface area contributed by atoms with Gasteiger partial charge in [0.25, 0.3) is 5.56 Å². The van der Waals surface area contributed by atoms with E-state index in [2.05, 4.69) is 20.4 Å². The quantitative estimate of drug-likeness (QED) is 0.698. The highest BCUT2D eigenvalue weighted by Gasteiger charge is 2.34. The number of rotatable bonds is 4. The Morgan fingerprint density at radius 1 is 1.22 bits per heavy atom. The lowest BCUT2D eigenvalue weighted by atomic mass is 9.82. The molecule has 0 saturated carbocycles. The molecule has 9 nitrogen and oxygen atoms in total. The van der Waals surface area contributed by atoms with Crippen LogP contribution in [0.1, 0.15) is 29.8 Å². The van der Waals surface area contributed by atoms with E-state index in [0.29, 0.717) is 35.6 Å². The lowest BCUT2D eigenvalue weighted by Gasteiger charge is -2.24. The SMILES string of the molecule is Cc1cc(NC(=O)[C@@H]2CC=CC[C@@H]2C(=O)O)n(-c2nc(C)c(C)c(=O)[nH]2)n1. The van der Waals surface area contributed by atoms with Gasteiger partial charge in [-0.1, -0.05) is 12.2 Å². The molecule has 0 fully saturated rings. The Balaban J connectivity index is 1.93. The number of nitrogens with one attached hydrogen (secondary N) is 2. The first-order valence-corrected chi connectivity index (χ1v) is 8.61. The zero-order valence-electron chi connectivity index (χ0n) is 15.3. The maximum atomic E-state index is 12.7. The topological polar surface area (TPSA) is 130 Å². The molecule has 2 heterocycles. The Hall–Kier alpha value is -3.23. The number of anilines is 1. The second-order valence-electron chi connectivity index (χ2n) is 6.67. The van der Waals surface area contributed by atoms with Gasteiger partial charge in [-0.25, -0.2) is 4.98 Å². The van der Waals surface area contributed by atoms with E-state index < -0.39 is 23.7 Å². The zero-order valence-corrected chi connectivity index (χ0v) is 15.3. The van der Waals surface area contributed by atoms with Gasteiger partial charge in [-0.2, -0.15) is 9.78 Å². The maximum Gasteiger partial charge on any atom is 0.307 e. The summed E-state index contributed by atoms with van der Waals surface area (Å²) in [6.45, 7) is 5.13. The van der Waals surface area contributed by atoms with Crippen molar-refractivity contribution in [1.82, 2.24) is 19.7 Å². The van der Waals surface area contributed by atoms with Gasteiger partial charge < -0.3 is 10.4 Å². The second kappa shape index (κ2) is 7.18. The number of aromatic amines is 1. The highest BCUT2D eigenvalue weighted by molar-refractivity contribution is 5.95. The van der Waals surface area contributed by atoms with E-state index in [1.807, 2.05) is 6.08 Å². The van der Waals surface area contributed by atoms with Gasteiger partial charge in [0.05, 0.1) is 17.5 Å². The van der Waals surface area contributed by atoms with Crippen molar-refractivity contribution in [2.45, 2.75) is 33.6 Å². The van der Waals surface area contributed by atoms with Crippen molar-refractivity contribution in [3.05, 3.63) is 45.5 Å². The fourth-order valence-corrected chi connectivity index (χ4v) is 3.08. The van der Waals surface area contributed by atoms with Gasteiger partial charge in [0.2, 0.25) is 11.9 Å². The number of allylic oxidation sites excluding steroid dienone is 2. The van der Waals surface area contributed by atoms with Crippen molar-refractivity contribution in [3.8, 4) is 5.95 Å². The van der Waals surface area contributed by atoms with Crippen LogP contribution in [0.2, 0.25) is 0 Å². The Labute approximate surface area is 155 Å². The monoisotopic (exact) mass is 371 g/mol. The van der Waals surface area contributed by atoms with Crippen LogP contribution < -0.4 is 10.9 Å². The predicted molar refractivity (Wildman–Crippen MR) is 97.8 cm³/mol. The lowest BCUT2D eigenvalue weighted by Crippen LogP contribution is -2.35. The first-order chi connectivity index (χ1) is 12.8. The third kappa shape index (κ3) is 3.67. The average Bonchev–Trinajstić information content (AvgIpc) is 2.99. The van der Waals surface area contributed by atoms with Gasteiger partial charge >= 0.3 is 5.97 Å². The molecule has 3 N–H and O–H groups in total. The molecule has 0 bridgehead atoms. The van der Waals surface area contributed by atoms with Crippen LogP contribution in [0.15, 0.2) is 23.0 Å². The van der Waals surface area contributed by atoms with E-state index in [1.165, 1.54) is 4.68 Å². The number of H-pyrrole nitrogens is 1. The normalized spacial score (nSPS) is 19.1. The number of carboxylic acids is 1. The summed E-state index contributed by atoms with van der Waals surface area (Å²) in [5, 5.41) is 16.4. The maximum absolute atomic E-state index is 12.7. The van der Waals surface area contributed by atoms with E-state index in [9.17, 15) is 19.5 Å². The molecular weight excluding hydrogens is 350 g/mol. The molecule has 2 aromatic rings. The Kier molecular flexibility index (Phi) is 4.93. The molecule has 2 aromatic heterocycles. The molecular formula is C18H21N5O4. The number of amides is 1. The van der Waals surface area contributed by atoms with Crippen LogP contribution in [0, 0.1) is 32.6 Å². The number of carbonyl (C=O) groups is 2. The van der Waals surface area contributed by atoms with Crippen LogP contribution in [0.4, 0.5) is 5.82 Å². The van der Waals surface area contributed by atoms with Crippen molar-refractivity contribution < 1.29 is 14.7 Å². The summed E-state index contributed by atoms with van der Waals surface area (Å²) in [5.41, 5.74) is 1.39. The first kappa shape index (κ1) is 18.6. The molecule has 2 atom stereocenters. The average molecular weight is 371 g/mol. The number of hydrogen-bond acceptors (Lipinski definition) is 5. The van der Waals surface area contributed by atoms with E-state index in [-0.39, 0.29) is 11.5 Å². The second-order valence-corrected chi connectivity index (χ2v) is 6.67. The fraction of sp³-hybridized carbons (Fsp3) is 0.389. The molecule has 0 unspecified atom stereocenters. The van der Waals surface area contributed by atoms with E-state index in [4.69, 9.17) is 0 Å². The molecule has 0 saturated heterocycles. The minimum Gasteiger partial charge on any atom is -0.481 e. The molecule has 0 aromatic carbocycles. The van der Waals surface area contributed by atoms with Gasteiger partial charge in [-0.15, -0.1) is 0 Å². The van der Waals surface area contributed by atoms with Crippen LogP contribution in [0.25, 0.3) is 5.95 Å². The van der Waals surface area contributed by atoms with Crippen molar-refractivity contribution in [1.29, 1.82) is 0 Å². The van der Waals surface area contributed by atoms with E-state index >= 15 is 0 Å². The standard InChI is InChI=1S/C18H21N5O4/c1-9-8-14(20-16(25)12-6-4-5-7-13(12)17(26)27)23(22-9)18-19-11(3)10(2)15(24)21-18/h4-5,8,12-13H,6-7H2,1-3H3,(H,20,25)(H,26,27)(H,19,21,24)/t12-,13+/m1/s1. The molecule has 27 heavy (non-hydrogen) atoms. The summed E-state index contributed by atoms with van der Waals surface area (Å²) in [5.74, 6) is -2.34. The lowest BCUT2D eigenvalue weighted by molar-refractivity contribution is -0.146. The van der Waals surface area contributed by atoms with Crippen molar-refractivity contribution in [3.63, 3.8) is 0 Å². The van der Waals surface area contributed by atoms with Gasteiger partial charge in [0.1, 0.15) is 5.82 Å². The van der Waals surface area contributed by atoms with Gasteiger partial charge in [-0.05, 0) is 33.6 Å². The zero-order chi connectivity index (χ0) is 19.7. The summed E-state index contributed by atoms with van der Waals surface area (Å²) in [7, 11) is 0. The smallest absolute Gasteiger partial charge is 0.307 e. The Bertz CT molecular complexity index is 988. The largest absolute Gasteiger partial charge is 0.481 e. The molecule has 0 radical (unpaired) electrons. The number of carboxylic acid groups (broad SMARTS) is 1. The number of aryl methyl sites for hydroxylation is 2. The molecule has 1 aliphatic rings. The summed E-state index contributed by atoms with van der Waals surface area (Å²) >= 11 is 0. The predicted octanol–water partition coefficient (Wildman–Crippen LogP) is 1.49. The fourth-order valence-electron chi connectivity index (χ4n) is 3.08. The number of nitrogens with zero attached hydrogens (tertiary/aromatic N) is 3. The van der Waals surface area contributed by atoms with Crippen LogP contribution in [0.5, 0.6) is 0 Å². The van der Waals surface area contributed by atoms with Crippen LogP contribution in [0.3, 0.4) is 0 Å². The molecule has 142 valence electrons. The van der Waals surface area contributed by atoms with Crippen molar-refractivity contribution in [2.75, 3.05) is 5.32 Å². The summed E-state index contributed by atoms with van der Waals surface area (Å²) in [6, 6.07) is 1.64. The van der Waals surface area contributed by atoms with Crippen LogP contribution >= 0.6 is 0 Å². The number of aliphatic carboxylic acids is 1. The molecule has 3 rings (SSSR count). The van der Waals surface area contributed by atoms with Crippen LogP contribution in [-0.4, -0.2) is 36.7 Å². The van der Waals surface area contributed by atoms with E-state index in [1.54, 1.807) is 32.9 Å². The molecule has 0 aliphatic heterocycles. The number of aromatic nitrogens is 4. The molecule has 1 amide bonds. The molecule has 1 aliphatic carbocycles. The van der Waals surface area contributed by atoms with Crippen molar-refractivity contribution in [2.24, 2.45) is 11.8 Å². The summed E-state index contributed by atoms with van der Waals surface area (Å²) < 4.78 is 1.34. The van der Waals surface area contributed by atoms with Crippen molar-refractivity contribution >= 4 is 17.7 Å². The summed E-state index contributed by atoms with van der Waals surface area (Å²) in [4.78, 5) is 43.2. The Morgan fingerprint density at radius 2 is 1.89 bits per heavy atom. The van der Waals surface area contributed by atoms with Crippen LogP contribution in [-0.2, 0) is 9.59 Å². The van der Waals surface area contributed by atoms with Gasteiger partial charge in [0, 0.05) is 17.3 Å². The minimum absolute atomic E-state index is 0.185. The van der Waals surface area contributed by atoms with Gasteiger partial charge in [0.15, 0.2) is 0 Å². The first-order valence-electron chi connectivity index (χ1n) is 8.61. The minimum atomic E-state index is -0.996. The number of carbonyl (C=O) groups excluding carboxylic acids is 1. The number of hydrogen-bond donors (Lipinski definition) is 3. The highest BCUT2D eigenvalue weighted by Crippen LogP contribution is 2.27. The summed E-state index contributed by atoms with van der Waals surface area (Å²) in [6.07, 6.45) is 4.27. The van der Waals surface area contributed by atoms with Gasteiger partial charge in [-0.3, -0.25) is 19.4 Å².